The minimum absolute atomic E-state index is 0.0168. The number of aliphatic hydroxyl groups is 3. The molecule has 2 aromatic carbocycles. The van der Waals surface area contributed by atoms with Crippen LogP contribution in [0.25, 0.3) is 0 Å². The van der Waals surface area contributed by atoms with Gasteiger partial charge in [0.05, 0.1) is 18.3 Å². The molecule has 3 saturated heterocycles. The van der Waals surface area contributed by atoms with Gasteiger partial charge in [0.1, 0.15) is 11.6 Å². The number of nitrogens with zero attached hydrogens (tertiary/aromatic N) is 2. The van der Waals surface area contributed by atoms with Crippen molar-refractivity contribution in [3.05, 3.63) is 70.3 Å². The molecule has 3 aliphatic heterocycles. The second kappa shape index (κ2) is 13.0. The van der Waals surface area contributed by atoms with Crippen LogP contribution >= 0.6 is 0 Å². The zero-order valence-electron chi connectivity index (χ0n) is 28.3. The number of likely N-dealkylation sites (tertiary alicyclic amines) is 1. The molecule has 0 radical (unpaired) electrons. The molecule has 9 heteroatoms. The number of carbonyl (C=O) groups excluding carboxylic acids is 2. The van der Waals surface area contributed by atoms with E-state index in [2.05, 4.69) is 31.2 Å². The first-order chi connectivity index (χ1) is 21.6. The fraction of sp³-hybridized carbons (Fsp3) is 0.622. The summed E-state index contributed by atoms with van der Waals surface area (Å²) < 4.78 is 12.5. The highest BCUT2D eigenvalue weighted by Gasteiger charge is 2.67. The number of ether oxygens (including phenoxy) is 2. The molecule has 2 amide bonds. The SMILES string of the molecule is Cc1ccc([C@]23CC(O)[C@H](O)[C@](C(C)(C)O)(CO2)O3)cc1Cc1ccc(CCCC(=O)N(C)C(C)(C)C(=O)N2CCCCC2)cc1. The zero-order chi connectivity index (χ0) is 33.5. The minimum Gasteiger partial charge on any atom is -0.390 e. The number of piperidine rings is 1. The molecule has 3 N–H and O–H groups in total. The van der Waals surface area contributed by atoms with Crippen molar-refractivity contribution in [2.45, 2.75) is 121 Å². The first-order valence-corrected chi connectivity index (χ1v) is 16.8. The van der Waals surface area contributed by atoms with Crippen LogP contribution in [-0.4, -0.2) is 92.6 Å². The molecule has 252 valence electrons. The predicted molar refractivity (Wildman–Crippen MR) is 175 cm³/mol. The van der Waals surface area contributed by atoms with Crippen molar-refractivity contribution in [3.8, 4) is 0 Å². The van der Waals surface area contributed by atoms with Crippen LogP contribution in [0, 0.1) is 6.92 Å². The van der Waals surface area contributed by atoms with Crippen LogP contribution < -0.4 is 0 Å². The van der Waals surface area contributed by atoms with E-state index in [0.717, 1.165) is 66.6 Å². The van der Waals surface area contributed by atoms with Gasteiger partial charge in [-0.25, -0.2) is 0 Å². The maximum atomic E-state index is 13.1. The van der Waals surface area contributed by atoms with Crippen LogP contribution in [0.2, 0.25) is 0 Å². The lowest BCUT2D eigenvalue weighted by atomic mass is 9.76. The number of hydrogen-bond acceptors (Lipinski definition) is 7. The van der Waals surface area contributed by atoms with Crippen LogP contribution in [0.15, 0.2) is 42.5 Å². The highest BCUT2D eigenvalue weighted by Crippen LogP contribution is 2.53. The van der Waals surface area contributed by atoms with Gasteiger partial charge in [-0.05, 0) is 101 Å². The Balaban J connectivity index is 1.19. The third-order valence-corrected chi connectivity index (χ3v) is 10.7. The van der Waals surface area contributed by atoms with E-state index in [1.165, 1.54) is 0 Å². The second-order valence-corrected chi connectivity index (χ2v) is 14.7. The second-order valence-electron chi connectivity index (χ2n) is 14.7. The van der Waals surface area contributed by atoms with Gasteiger partial charge in [0.25, 0.3) is 0 Å². The van der Waals surface area contributed by atoms with Crippen molar-refractivity contribution >= 4 is 11.8 Å². The normalized spacial score (nSPS) is 26.7. The molecule has 0 aromatic heterocycles. The quantitative estimate of drug-likeness (QED) is 0.361. The highest BCUT2D eigenvalue weighted by molar-refractivity contribution is 5.90. The standard InChI is InChI=1S/C37H52N2O7/c1-25-13-18-29(37-23-30(40)32(42)36(46-37,24-45-37)35(4,5)44)22-28(25)21-27-16-14-26(15-17-27)11-10-12-31(41)38(6)34(2,3)33(43)39-19-8-7-9-20-39/h13-18,22,30,32,40,42,44H,7-12,19-21,23-24H2,1-6H3/t30?,32-,36-,37+/m0/s1. The summed E-state index contributed by atoms with van der Waals surface area (Å²) in [5.74, 6) is -1.25. The summed E-state index contributed by atoms with van der Waals surface area (Å²) in [5.41, 5.74) is 1.49. The molecule has 0 aliphatic carbocycles. The van der Waals surface area contributed by atoms with Crippen LogP contribution in [0.1, 0.15) is 94.0 Å². The molecule has 5 rings (SSSR count). The Labute approximate surface area is 273 Å². The molecule has 1 unspecified atom stereocenters. The van der Waals surface area contributed by atoms with E-state index in [-0.39, 0.29) is 24.8 Å². The molecule has 2 bridgehead atoms. The Morgan fingerprint density at radius 3 is 2.30 bits per heavy atom. The molecular formula is C37H52N2O7. The van der Waals surface area contributed by atoms with Crippen molar-refractivity contribution in [2.24, 2.45) is 0 Å². The molecule has 4 atom stereocenters. The summed E-state index contributed by atoms with van der Waals surface area (Å²) in [6.45, 7) is 10.4. The maximum Gasteiger partial charge on any atom is 0.247 e. The van der Waals surface area contributed by atoms with E-state index in [9.17, 15) is 24.9 Å². The lowest BCUT2D eigenvalue weighted by Gasteiger charge is -2.48. The van der Waals surface area contributed by atoms with Gasteiger partial charge in [0.15, 0.2) is 11.4 Å². The van der Waals surface area contributed by atoms with Crippen molar-refractivity contribution < 1.29 is 34.4 Å². The van der Waals surface area contributed by atoms with Crippen molar-refractivity contribution in [1.29, 1.82) is 0 Å². The highest BCUT2D eigenvalue weighted by atomic mass is 16.8. The van der Waals surface area contributed by atoms with E-state index in [1.54, 1.807) is 25.8 Å². The van der Waals surface area contributed by atoms with Crippen LogP contribution in [-0.2, 0) is 37.7 Å². The summed E-state index contributed by atoms with van der Waals surface area (Å²) in [6, 6.07) is 14.4. The fourth-order valence-corrected chi connectivity index (χ4v) is 7.14. The third-order valence-electron chi connectivity index (χ3n) is 10.7. The molecular weight excluding hydrogens is 584 g/mol. The van der Waals surface area contributed by atoms with Crippen molar-refractivity contribution in [2.75, 3.05) is 26.7 Å². The Kier molecular flexibility index (Phi) is 9.75. The van der Waals surface area contributed by atoms with Crippen molar-refractivity contribution in [1.82, 2.24) is 9.80 Å². The topological polar surface area (TPSA) is 120 Å². The summed E-state index contributed by atoms with van der Waals surface area (Å²) in [7, 11) is 1.74. The number of benzene rings is 2. The Bertz CT molecular complexity index is 1410. The van der Waals surface area contributed by atoms with Gasteiger partial charge in [-0.1, -0.05) is 36.4 Å². The van der Waals surface area contributed by atoms with Crippen LogP contribution in [0.4, 0.5) is 0 Å². The smallest absolute Gasteiger partial charge is 0.247 e. The number of likely N-dealkylation sites (N-methyl/N-ethyl adjacent to an activating group) is 1. The van der Waals surface area contributed by atoms with Gasteiger partial charge >= 0.3 is 0 Å². The summed E-state index contributed by atoms with van der Waals surface area (Å²) in [5, 5.41) is 32.4. The third kappa shape index (κ3) is 6.49. The molecule has 3 aliphatic rings. The van der Waals surface area contributed by atoms with Gasteiger partial charge in [-0.15, -0.1) is 0 Å². The monoisotopic (exact) mass is 636 g/mol. The van der Waals surface area contributed by atoms with Gasteiger partial charge in [0.2, 0.25) is 11.8 Å². The molecule has 3 fully saturated rings. The fourth-order valence-electron chi connectivity index (χ4n) is 7.14. The molecule has 3 heterocycles. The van der Waals surface area contributed by atoms with Crippen LogP contribution in [0.5, 0.6) is 0 Å². The van der Waals surface area contributed by atoms with E-state index >= 15 is 0 Å². The number of amides is 2. The van der Waals surface area contributed by atoms with Crippen molar-refractivity contribution in [3.63, 3.8) is 0 Å². The first-order valence-electron chi connectivity index (χ1n) is 16.8. The molecule has 0 saturated carbocycles. The predicted octanol–water partition coefficient (Wildman–Crippen LogP) is 3.99. The minimum atomic E-state index is -1.44. The van der Waals surface area contributed by atoms with Gasteiger partial charge in [0, 0.05) is 38.5 Å². The van der Waals surface area contributed by atoms with Gasteiger partial charge in [-0.3, -0.25) is 9.59 Å². The lowest BCUT2D eigenvalue weighted by molar-refractivity contribution is -0.308. The van der Waals surface area contributed by atoms with Crippen LogP contribution in [0.3, 0.4) is 0 Å². The Hall–Kier alpha value is -2.82. The molecule has 2 aromatic rings. The zero-order valence-corrected chi connectivity index (χ0v) is 28.3. The largest absolute Gasteiger partial charge is 0.390 e. The van der Waals surface area contributed by atoms with Gasteiger partial charge < -0.3 is 34.6 Å². The van der Waals surface area contributed by atoms with Gasteiger partial charge in [-0.2, -0.15) is 0 Å². The lowest BCUT2D eigenvalue weighted by Crippen LogP contribution is -2.66. The maximum absolute atomic E-state index is 13.1. The number of hydrogen-bond donors (Lipinski definition) is 3. The van der Waals surface area contributed by atoms with E-state index in [4.69, 9.17) is 9.47 Å². The number of carbonyl (C=O) groups is 2. The molecule has 46 heavy (non-hydrogen) atoms. The van der Waals surface area contributed by atoms with E-state index in [0.29, 0.717) is 19.3 Å². The average molecular weight is 637 g/mol. The summed E-state index contributed by atoms with van der Waals surface area (Å²) in [6.07, 6.45) is 3.42. The number of rotatable bonds is 10. The Morgan fingerprint density at radius 1 is 1.00 bits per heavy atom. The number of aryl methyl sites for hydroxylation is 2. The number of aliphatic hydroxyl groups excluding tert-OH is 2. The summed E-state index contributed by atoms with van der Waals surface area (Å²) in [4.78, 5) is 29.7. The Morgan fingerprint density at radius 2 is 1.65 bits per heavy atom. The average Bonchev–Trinajstić information content (AvgIpc) is 3.39. The first kappa shape index (κ1) is 34.5. The molecule has 9 nitrogen and oxygen atoms in total. The van der Waals surface area contributed by atoms with E-state index < -0.39 is 34.7 Å². The number of fused-ring (bicyclic) bond motifs is 2. The van der Waals surface area contributed by atoms with E-state index in [1.807, 2.05) is 36.9 Å². The molecule has 0 spiro atoms. The summed E-state index contributed by atoms with van der Waals surface area (Å²) >= 11 is 0.